The molecule has 0 bridgehead atoms. The lowest BCUT2D eigenvalue weighted by atomic mass is 10.2. The van der Waals surface area contributed by atoms with Crippen molar-refractivity contribution >= 4 is 45.9 Å². The molecule has 1 aromatic carbocycles. The van der Waals surface area contributed by atoms with Gasteiger partial charge in [0.05, 0.1) is 15.0 Å². The van der Waals surface area contributed by atoms with E-state index in [1.54, 1.807) is 11.3 Å². The summed E-state index contributed by atoms with van der Waals surface area (Å²) in [7, 11) is 0. The average Bonchev–Trinajstić information content (AvgIpc) is 2.83. The second kappa shape index (κ2) is 5.56. The molecular formula is C11H8Cl2N2O2S. The van der Waals surface area contributed by atoms with E-state index >= 15 is 0 Å². The Hall–Kier alpha value is -1.30. The summed E-state index contributed by atoms with van der Waals surface area (Å²) < 4.78 is 0. The van der Waals surface area contributed by atoms with Gasteiger partial charge < -0.3 is 5.32 Å². The summed E-state index contributed by atoms with van der Waals surface area (Å²) in [5.41, 5.74) is 1.33. The van der Waals surface area contributed by atoms with Crippen molar-refractivity contribution in [3.05, 3.63) is 54.7 Å². The molecule has 1 heterocycles. The number of hydrogen-bond donors (Lipinski definition) is 1. The first-order chi connectivity index (χ1) is 8.58. The van der Waals surface area contributed by atoms with Crippen LogP contribution in [0.2, 0.25) is 10.0 Å². The first kappa shape index (κ1) is 13.1. The zero-order valence-corrected chi connectivity index (χ0v) is 11.4. The Kier molecular flexibility index (Phi) is 4.06. The Balaban J connectivity index is 2.25. The van der Waals surface area contributed by atoms with Crippen LogP contribution in [0.5, 0.6) is 0 Å². The lowest BCUT2D eigenvalue weighted by molar-refractivity contribution is -0.383. The highest BCUT2D eigenvalue weighted by Crippen LogP contribution is 2.34. The number of halogens is 2. The number of anilines is 1. The van der Waals surface area contributed by atoms with E-state index in [2.05, 4.69) is 5.32 Å². The van der Waals surface area contributed by atoms with Crippen molar-refractivity contribution < 1.29 is 4.92 Å². The fraction of sp³-hybridized carbons (Fsp3) is 0.0909. The summed E-state index contributed by atoms with van der Waals surface area (Å²) in [6.45, 7) is 0.502. The predicted molar refractivity (Wildman–Crippen MR) is 74.8 cm³/mol. The maximum absolute atomic E-state index is 10.9. The van der Waals surface area contributed by atoms with Gasteiger partial charge in [-0.2, -0.15) is 11.3 Å². The number of thiophene rings is 1. The quantitative estimate of drug-likeness (QED) is 0.664. The molecule has 0 saturated heterocycles. The summed E-state index contributed by atoms with van der Waals surface area (Å²) in [4.78, 5) is 10.4. The van der Waals surface area contributed by atoms with Gasteiger partial charge in [-0.15, -0.1) is 0 Å². The fourth-order valence-corrected chi connectivity index (χ4v) is 2.41. The van der Waals surface area contributed by atoms with Crippen LogP contribution in [0.4, 0.5) is 11.4 Å². The molecule has 0 radical (unpaired) electrons. The smallest absolute Gasteiger partial charge is 0.293 e. The van der Waals surface area contributed by atoms with Crippen LogP contribution in [0, 0.1) is 10.1 Å². The zero-order chi connectivity index (χ0) is 13.1. The van der Waals surface area contributed by atoms with Crippen molar-refractivity contribution in [1.82, 2.24) is 0 Å². The maximum atomic E-state index is 10.9. The van der Waals surface area contributed by atoms with Gasteiger partial charge in [-0.1, -0.05) is 23.2 Å². The minimum Gasteiger partial charge on any atom is -0.375 e. The molecule has 0 aliphatic heterocycles. The van der Waals surface area contributed by atoms with Crippen molar-refractivity contribution in [3.8, 4) is 0 Å². The van der Waals surface area contributed by atoms with Gasteiger partial charge in [-0.25, -0.2) is 0 Å². The molecule has 4 nitrogen and oxygen atoms in total. The Morgan fingerprint density at radius 3 is 2.67 bits per heavy atom. The van der Waals surface area contributed by atoms with Gasteiger partial charge in [-0.05, 0) is 28.5 Å². The number of benzene rings is 1. The number of nitro groups is 1. The van der Waals surface area contributed by atoms with Gasteiger partial charge in [-0.3, -0.25) is 10.1 Å². The maximum Gasteiger partial charge on any atom is 0.293 e. The van der Waals surface area contributed by atoms with E-state index < -0.39 is 4.92 Å². The Morgan fingerprint density at radius 2 is 2.06 bits per heavy atom. The summed E-state index contributed by atoms with van der Waals surface area (Å²) in [5, 5.41) is 18.3. The molecule has 0 amide bonds. The minimum atomic E-state index is -0.488. The molecular weight excluding hydrogens is 295 g/mol. The lowest BCUT2D eigenvalue weighted by Crippen LogP contribution is -2.02. The van der Waals surface area contributed by atoms with Crippen LogP contribution in [0.1, 0.15) is 5.56 Å². The van der Waals surface area contributed by atoms with Crippen molar-refractivity contribution in [2.75, 3.05) is 5.32 Å². The molecule has 2 aromatic rings. The lowest BCUT2D eigenvalue weighted by Gasteiger charge is -2.07. The van der Waals surface area contributed by atoms with E-state index in [0.717, 1.165) is 5.56 Å². The van der Waals surface area contributed by atoms with E-state index in [0.29, 0.717) is 12.2 Å². The molecule has 0 saturated carbocycles. The van der Waals surface area contributed by atoms with Crippen molar-refractivity contribution in [2.45, 2.75) is 6.54 Å². The average molecular weight is 303 g/mol. The Morgan fingerprint density at radius 1 is 1.33 bits per heavy atom. The molecule has 94 valence electrons. The minimum absolute atomic E-state index is 0.0837. The van der Waals surface area contributed by atoms with Gasteiger partial charge in [0.1, 0.15) is 5.69 Å². The number of rotatable bonds is 4. The van der Waals surface area contributed by atoms with Gasteiger partial charge in [0, 0.05) is 12.6 Å². The summed E-state index contributed by atoms with van der Waals surface area (Å²) in [5.74, 6) is 0. The van der Waals surface area contributed by atoms with Gasteiger partial charge >= 0.3 is 0 Å². The van der Waals surface area contributed by atoms with Crippen LogP contribution in [0.3, 0.4) is 0 Å². The predicted octanol–water partition coefficient (Wildman–Crippen LogP) is 4.58. The van der Waals surface area contributed by atoms with Crippen LogP contribution in [0.15, 0.2) is 29.0 Å². The van der Waals surface area contributed by atoms with Crippen LogP contribution < -0.4 is 5.32 Å². The van der Waals surface area contributed by atoms with Crippen LogP contribution in [-0.4, -0.2) is 4.92 Å². The van der Waals surface area contributed by atoms with Crippen LogP contribution >= 0.6 is 34.5 Å². The van der Waals surface area contributed by atoms with Crippen LogP contribution in [0.25, 0.3) is 0 Å². The summed E-state index contributed by atoms with van der Waals surface area (Å²) >= 11 is 13.2. The monoisotopic (exact) mass is 302 g/mol. The Bertz CT molecular complexity index is 573. The zero-order valence-electron chi connectivity index (χ0n) is 9.02. The van der Waals surface area contributed by atoms with E-state index in [9.17, 15) is 10.1 Å². The first-order valence-electron chi connectivity index (χ1n) is 4.96. The number of nitrogens with one attached hydrogen (secondary N) is 1. The van der Waals surface area contributed by atoms with Gasteiger partial charge in [0.25, 0.3) is 5.69 Å². The Labute approximate surface area is 117 Å². The van der Waals surface area contributed by atoms with Crippen LogP contribution in [-0.2, 0) is 6.54 Å². The highest BCUT2D eigenvalue weighted by atomic mass is 35.5. The second-order valence-electron chi connectivity index (χ2n) is 3.53. The standard InChI is InChI=1S/C11H8Cl2N2O2S/c12-8-3-10(11(15(16)17)4-9(8)13)14-5-7-1-2-18-6-7/h1-4,6,14H,5H2. The van der Waals surface area contributed by atoms with Gasteiger partial charge in [0.2, 0.25) is 0 Å². The van der Waals surface area contributed by atoms with Gasteiger partial charge in [0.15, 0.2) is 0 Å². The van der Waals surface area contributed by atoms with Crippen molar-refractivity contribution in [3.63, 3.8) is 0 Å². The summed E-state index contributed by atoms with van der Waals surface area (Å²) in [6.07, 6.45) is 0. The topological polar surface area (TPSA) is 55.2 Å². The molecule has 2 rings (SSSR count). The van der Waals surface area contributed by atoms with E-state index in [1.807, 2.05) is 16.8 Å². The van der Waals surface area contributed by atoms with E-state index in [4.69, 9.17) is 23.2 Å². The third-order valence-electron chi connectivity index (χ3n) is 2.30. The third-order valence-corrected chi connectivity index (χ3v) is 3.75. The van der Waals surface area contributed by atoms with Crippen molar-refractivity contribution in [2.24, 2.45) is 0 Å². The molecule has 1 N–H and O–H groups in total. The largest absolute Gasteiger partial charge is 0.375 e. The molecule has 0 fully saturated rings. The molecule has 0 atom stereocenters. The first-order valence-corrected chi connectivity index (χ1v) is 6.66. The molecule has 7 heteroatoms. The normalized spacial score (nSPS) is 10.3. The molecule has 1 aromatic heterocycles. The highest BCUT2D eigenvalue weighted by molar-refractivity contribution is 7.07. The second-order valence-corrected chi connectivity index (χ2v) is 5.12. The molecule has 0 aliphatic rings. The number of hydrogen-bond acceptors (Lipinski definition) is 4. The summed E-state index contributed by atoms with van der Waals surface area (Å²) in [6, 6.07) is 4.66. The molecule has 0 aliphatic carbocycles. The molecule has 0 spiro atoms. The number of nitro benzene ring substituents is 1. The van der Waals surface area contributed by atoms with Crippen molar-refractivity contribution in [1.29, 1.82) is 0 Å². The van der Waals surface area contributed by atoms with E-state index in [1.165, 1.54) is 12.1 Å². The SMILES string of the molecule is O=[N+]([O-])c1cc(Cl)c(Cl)cc1NCc1ccsc1. The fourth-order valence-electron chi connectivity index (χ4n) is 1.42. The molecule has 18 heavy (non-hydrogen) atoms. The van der Waals surface area contributed by atoms with E-state index in [-0.39, 0.29) is 15.7 Å². The highest BCUT2D eigenvalue weighted by Gasteiger charge is 2.16. The molecule has 0 unspecified atom stereocenters. The number of nitrogens with zero attached hydrogens (tertiary/aromatic N) is 1. The third kappa shape index (κ3) is 2.93.